The summed E-state index contributed by atoms with van der Waals surface area (Å²) >= 11 is 9.32. The van der Waals surface area contributed by atoms with Crippen molar-refractivity contribution in [3.8, 4) is 11.4 Å². The van der Waals surface area contributed by atoms with Crippen LogP contribution >= 0.6 is 27.5 Å². The molecule has 0 saturated heterocycles. The van der Waals surface area contributed by atoms with Gasteiger partial charge in [-0.25, -0.2) is 9.97 Å². The molecule has 6 heteroatoms. The molecule has 0 radical (unpaired) electrons. The first-order valence-electron chi connectivity index (χ1n) is 6.77. The fraction of sp³-hybridized carbons (Fsp3) is 0. The van der Waals surface area contributed by atoms with Crippen LogP contribution < -0.4 is 5.32 Å². The number of nitrogens with zero attached hydrogens (tertiary/aromatic N) is 2. The van der Waals surface area contributed by atoms with Gasteiger partial charge in [-0.15, -0.1) is 0 Å². The molecule has 1 heterocycles. The van der Waals surface area contributed by atoms with E-state index in [9.17, 15) is 4.79 Å². The summed E-state index contributed by atoms with van der Waals surface area (Å²) in [5.41, 5.74) is 1.89. The second-order valence-electron chi connectivity index (χ2n) is 4.74. The van der Waals surface area contributed by atoms with Crippen molar-refractivity contribution in [3.05, 3.63) is 76.0 Å². The van der Waals surface area contributed by atoms with Crippen LogP contribution in [0.2, 0.25) is 5.02 Å². The molecule has 0 fully saturated rings. The van der Waals surface area contributed by atoms with Gasteiger partial charge in [0.2, 0.25) is 0 Å². The Hall–Kier alpha value is -2.24. The van der Waals surface area contributed by atoms with Gasteiger partial charge < -0.3 is 5.32 Å². The molecule has 2 aromatic carbocycles. The Bertz CT molecular complexity index is 852. The lowest BCUT2D eigenvalue weighted by Gasteiger charge is -2.07. The normalized spacial score (nSPS) is 10.3. The molecule has 3 rings (SSSR count). The number of rotatable bonds is 3. The van der Waals surface area contributed by atoms with Gasteiger partial charge in [-0.05, 0) is 40.2 Å². The lowest BCUT2D eigenvalue weighted by Crippen LogP contribution is -2.13. The number of nitrogens with one attached hydrogen (secondary N) is 1. The first-order valence-corrected chi connectivity index (χ1v) is 7.94. The molecule has 0 atom stereocenters. The fourth-order valence-corrected chi connectivity index (χ4v) is 2.67. The maximum Gasteiger partial charge on any atom is 0.256 e. The number of hydrogen-bond acceptors (Lipinski definition) is 3. The van der Waals surface area contributed by atoms with Crippen LogP contribution in [0.15, 0.2) is 65.4 Å². The number of carbonyl (C=O) groups is 1. The lowest BCUT2D eigenvalue weighted by molar-refractivity contribution is 0.102. The van der Waals surface area contributed by atoms with Crippen LogP contribution in [0.1, 0.15) is 10.4 Å². The van der Waals surface area contributed by atoms with Gasteiger partial charge in [0, 0.05) is 15.1 Å². The minimum absolute atomic E-state index is 0.225. The van der Waals surface area contributed by atoms with Gasteiger partial charge >= 0.3 is 0 Å². The van der Waals surface area contributed by atoms with E-state index in [1.54, 1.807) is 36.7 Å². The molecule has 0 aliphatic heterocycles. The van der Waals surface area contributed by atoms with Gasteiger partial charge in [-0.2, -0.15) is 0 Å². The summed E-state index contributed by atoms with van der Waals surface area (Å²) in [6.07, 6.45) is 3.13. The highest BCUT2D eigenvalue weighted by atomic mass is 79.9. The molecule has 0 aliphatic rings. The second-order valence-corrected chi connectivity index (χ2v) is 6.03. The molecule has 0 spiro atoms. The molecule has 1 amide bonds. The van der Waals surface area contributed by atoms with E-state index >= 15 is 0 Å². The van der Waals surface area contributed by atoms with E-state index in [1.165, 1.54) is 0 Å². The number of amides is 1. The number of anilines is 1. The summed E-state index contributed by atoms with van der Waals surface area (Å²) in [5, 5.41) is 3.39. The summed E-state index contributed by atoms with van der Waals surface area (Å²) in [4.78, 5) is 20.7. The average Bonchev–Trinajstić information content (AvgIpc) is 2.56. The van der Waals surface area contributed by atoms with E-state index in [-0.39, 0.29) is 5.91 Å². The molecule has 3 aromatic rings. The van der Waals surface area contributed by atoms with Crippen LogP contribution in [-0.4, -0.2) is 15.9 Å². The molecule has 23 heavy (non-hydrogen) atoms. The molecule has 114 valence electrons. The maximum atomic E-state index is 12.2. The van der Waals surface area contributed by atoms with Crippen molar-refractivity contribution >= 4 is 39.1 Å². The third-order valence-electron chi connectivity index (χ3n) is 3.11. The quantitative estimate of drug-likeness (QED) is 0.700. The molecule has 0 bridgehead atoms. The predicted molar refractivity (Wildman–Crippen MR) is 94.6 cm³/mol. The molecule has 0 unspecified atom stereocenters. The van der Waals surface area contributed by atoms with Crippen LogP contribution in [0.3, 0.4) is 0 Å². The Kier molecular flexibility index (Phi) is 4.69. The zero-order valence-electron chi connectivity index (χ0n) is 11.8. The molecule has 0 aliphatic carbocycles. The Morgan fingerprint density at radius 1 is 1.04 bits per heavy atom. The summed E-state index contributed by atoms with van der Waals surface area (Å²) in [5.74, 6) is 0.322. The van der Waals surface area contributed by atoms with Crippen molar-refractivity contribution < 1.29 is 4.79 Å². The monoisotopic (exact) mass is 387 g/mol. The number of carbonyl (C=O) groups excluding carboxylic acids is 1. The highest BCUT2D eigenvalue weighted by Crippen LogP contribution is 2.21. The van der Waals surface area contributed by atoms with Crippen LogP contribution in [0.25, 0.3) is 11.4 Å². The molecule has 0 saturated carbocycles. The van der Waals surface area contributed by atoms with Gasteiger partial charge in [0.15, 0.2) is 5.82 Å². The van der Waals surface area contributed by atoms with Crippen LogP contribution in [0.4, 0.5) is 5.69 Å². The first-order chi connectivity index (χ1) is 11.1. The number of halogens is 2. The molecular formula is C17H11BrClN3O. The minimum Gasteiger partial charge on any atom is -0.319 e. The van der Waals surface area contributed by atoms with Crippen LogP contribution in [0, 0.1) is 0 Å². The molecule has 4 nitrogen and oxygen atoms in total. The molecular weight excluding hydrogens is 378 g/mol. The number of hydrogen-bond donors (Lipinski definition) is 1. The third-order valence-corrected chi connectivity index (χ3v) is 4.04. The summed E-state index contributed by atoms with van der Waals surface area (Å²) in [7, 11) is 0. The fourth-order valence-electron chi connectivity index (χ4n) is 2.01. The van der Waals surface area contributed by atoms with Gasteiger partial charge in [0.05, 0.1) is 23.6 Å². The average molecular weight is 389 g/mol. The zero-order valence-corrected chi connectivity index (χ0v) is 14.2. The van der Waals surface area contributed by atoms with E-state index < -0.39 is 0 Å². The standard InChI is InChI=1S/C17H11BrClN3O/c18-15-7-2-1-6-14(15)17(23)22-13-9-20-16(21-10-13)11-4-3-5-12(19)8-11/h1-10H,(H,22,23). The molecule has 1 aromatic heterocycles. The van der Waals surface area contributed by atoms with Crippen molar-refractivity contribution in [2.45, 2.75) is 0 Å². The van der Waals surface area contributed by atoms with Crippen molar-refractivity contribution in [2.24, 2.45) is 0 Å². The minimum atomic E-state index is -0.225. The van der Waals surface area contributed by atoms with E-state index in [4.69, 9.17) is 11.6 Å². The highest BCUT2D eigenvalue weighted by molar-refractivity contribution is 9.10. The van der Waals surface area contributed by atoms with Crippen LogP contribution in [-0.2, 0) is 0 Å². The summed E-state index contributed by atoms with van der Waals surface area (Å²) < 4.78 is 0.731. The smallest absolute Gasteiger partial charge is 0.256 e. The predicted octanol–water partition coefficient (Wildman–Crippen LogP) is 4.81. The summed E-state index contributed by atoms with van der Waals surface area (Å²) in [6.45, 7) is 0. The first kappa shape index (κ1) is 15.6. The van der Waals surface area contributed by atoms with E-state index in [0.717, 1.165) is 10.0 Å². The highest BCUT2D eigenvalue weighted by Gasteiger charge is 2.10. The van der Waals surface area contributed by atoms with Gasteiger partial charge in [0.1, 0.15) is 0 Å². The number of aromatic nitrogens is 2. The number of benzene rings is 2. The zero-order chi connectivity index (χ0) is 16.2. The Labute approximate surface area is 146 Å². The van der Waals surface area contributed by atoms with Crippen molar-refractivity contribution in [3.63, 3.8) is 0 Å². The van der Waals surface area contributed by atoms with Gasteiger partial charge in [-0.3, -0.25) is 4.79 Å². The lowest BCUT2D eigenvalue weighted by atomic mass is 10.2. The SMILES string of the molecule is O=C(Nc1cnc(-c2cccc(Cl)c2)nc1)c1ccccc1Br. The summed E-state index contributed by atoms with van der Waals surface area (Å²) in [6, 6.07) is 14.5. The van der Waals surface area contributed by atoms with Crippen molar-refractivity contribution in [2.75, 3.05) is 5.32 Å². The maximum absolute atomic E-state index is 12.2. The molecule has 1 N–H and O–H groups in total. The third kappa shape index (κ3) is 3.75. The van der Waals surface area contributed by atoms with Gasteiger partial charge in [-0.1, -0.05) is 35.9 Å². The van der Waals surface area contributed by atoms with E-state index in [0.29, 0.717) is 22.1 Å². The van der Waals surface area contributed by atoms with Crippen LogP contribution in [0.5, 0.6) is 0 Å². The Morgan fingerprint density at radius 2 is 1.78 bits per heavy atom. The van der Waals surface area contributed by atoms with E-state index in [2.05, 4.69) is 31.2 Å². The van der Waals surface area contributed by atoms with Gasteiger partial charge in [0.25, 0.3) is 5.91 Å². The van der Waals surface area contributed by atoms with Crippen molar-refractivity contribution in [1.29, 1.82) is 0 Å². The Morgan fingerprint density at radius 3 is 2.48 bits per heavy atom. The topological polar surface area (TPSA) is 54.9 Å². The van der Waals surface area contributed by atoms with E-state index in [1.807, 2.05) is 24.3 Å². The largest absolute Gasteiger partial charge is 0.319 e. The van der Waals surface area contributed by atoms with Crippen molar-refractivity contribution in [1.82, 2.24) is 9.97 Å². The Balaban J connectivity index is 1.78. The second kappa shape index (κ2) is 6.89.